The van der Waals surface area contributed by atoms with Gasteiger partial charge in [-0.1, -0.05) is 127 Å². The van der Waals surface area contributed by atoms with Gasteiger partial charge < -0.3 is 47.5 Å². The van der Waals surface area contributed by atoms with Crippen molar-refractivity contribution in [3.8, 4) is 79.4 Å². The van der Waals surface area contributed by atoms with E-state index < -0.39 is 63.9 Å². The molecular weight excluding hydrogens is 1360 g/mol. The molecule has 0 aliphatic carbocycles. The van der Waals surface area contributed by atoms with Crippen molar-refractivity contribution in [1.82, 2.24) is 0 Å². The Kier molecular flexibility index (Phi) is 22.6. The molecule has 0 bridgehead atoms. The first-order chi connectivity index (χ1) is 48.8. The van der Waals surface area contributed by atoms with Gasteiger partial charge in [-0.25, -0.2) is 19.2 Å². The average molecular weight is 1430 g/mol. The van der Waals surface area contributed by atoms with Crippen molar-refractivity contribution in [2.24, 2.45) is 0 Å². The van der Waals surface area contributed by atoms with Gasteiger partial charge in [-0.2, -0.15) is 0 Å². The van der Waals surface area contributed by atoms with Crippen molar-refractivity contribution in [3.63, 3.8) is 0 Å². The van der Waals surface area contributed by atoms with E-state index in [2.05, 4.69) is 0 Å². The monoisotopic (exact) mass is 1420 g/mol. The lowest BCUT2D eigenvalue weighted by Gasteiger charge is -2.29. The highest BCUT2D eigenvalue weighted by Gasteiger charge is 2.41. The molecule has 11 aromatic rings. The van der Waals surface area contributed by atoms with Gasteiger partial charge in [0.15, 0.2) is 0 Å². The minimum absolute atomic E-state index is 0.0833. The highest BCUT2D eigenvalue weighted by molar-refractivity contribution is 7.75. The van der Waals surface area contributed by atoms with Crippen LogP contribution in [0.3, 0.4) is 0 Å². The van der Waals surface area contributed by atoms with E-state index in [0.29, 0.717) is 45.4 Å². The van der Waals surface area contributed by atoms with Gasteiger partial charge in [0.2, 0.25) is 0 Å². The van der Waals surface area contributed by atoms with Crippen molar-refractivity contribution in [2.75, 3.05) is 13.3 Å². The predicted octanol–water partition coefficient (Wildman–Crippen LogP) is 15.8. The predicted molar refractivity (Wildman–Crippen MR) is 385 cm³/mol. The standard InChI is InChI=1S/C23H18O6.C22H17O6P.2C13H11O2P.C8H6O4/c1-15-3-9-20(10-4-15)28-22(25)17-5-7-18(8-6-17)23(26)29-21-13-11-19(12-14-21)27-16(2)24;1-14(23)26-16-11-12-20(27-15(2)24)22(13-16)29(25)21-10-6-4-8-18(21)17-7-3-5-9-19(17)28-29;2*1-16(14)13-9-5-3-7-11(13)10-6-2-4-8-12(10)15-16;9-7(10)5-1-2-6(4-3-5)8(11)12/h3-14H,1-2H3;3-13H,1-2H3;2*2-9H,1H3;1-4H,(H,9,10)(H,11,12). The number of benzene rings is 11. The van der Waals surface area contributed by atoms with Crippen LogP contribution in [0, 0.1) is 6.92 Å². The van der Waals surface area contributed by atoms with Crippen LogP contribution in [0.2, 0.25) is 0 Å². The molecule has 0 amide bonds. The van der Waals surface area contributed by atoms with Crippen LogP contribution in [-0.4, -0.2) is 65.3 Å². The zero-order chi connectivity index (χ0) is 72.9. The third-order valence-corrected chi connectivity index (χ3v) is 21.3. The number of aromatic carboxylic acids is 2. The summed E-state index contributed by atoms with van der Waals surface area (Å²) in [4.78, 5) is 79.1. The maximum atomic E-state index is 14.3. The number of hydrogen-bond donors (Lipinski definition) is 2. The normalized spacial score (nSPS) is 15.6. The van der Waals surface area contributed by atoms with Crippen LogP contribution in [0.25, 0.3) is 33.4 Å². The van der Waals surface area contributed by atoms with Crippen LogP contribution >= 0.6 is 22.1 Å². The first-order valence-corrected chi connectivity index (χ1v) is 36.9. The van der Waals surface area contributed by atoms with E-state index in [9.17, 15) is 47.3 Å². The lowest BCUT2D eigenvalue weighted by Crippen LogP contribution is -2.27. The highest BCUT2D eigenvalue weighted by atomic mass is 31.2. The van der Waals surface area contributed by atoms with Crippen LogP contribution in [0.4, 0.5) is 0 Å². The summed E-state index contributed by atoms with van der Waals surface area (Å²) in [6.07, 6.45) is 0. The molecule has 2 N–H and O–H groups in total. The van der Waals surface area contributed by atoms with E-state index in [4.69, 9.17) is 47.5 Å². The summed E-state index contributed by atoms with van der Waals surface area (Å²) < 4.78 is 82.3. The fourth-order valence-corrected chi connectivity index (χ4v) is 16.2. The van der Waals surface area contributed by atoms with E-state index in [1.807, 2.05) is 140 Å². The molecule has 3 aliphatic rings. The number of aryl methyl sites for hydroxylation is 1. The van der Waals surface area contributed by atoms with E-state index in [1.54, 1.807) is 49.7 Å². The molecule has 0 radical (unpaired) electrons. The largest absolute Gasteiger partial charge is 0.478 e. The second-order valence-corrected chi connectivity index (χ2v) is 29.8. The number of ether oxygens (including phenoxy) is 5. The van der Waals surface area contributed by atoms with Crippen LogP contribution in [0.15, 0.2) is 261 Å². The van der Waals surface area contributed by atoms with Gasteiger partial charge in [0, 0.05) is 50.8 Å². The second kappa shape index (κ2) is 31.8. The fraction of sp³-hybridized carbons (Fsp3) is 0.0759. The number of fused-ring (bicyclic) bond motifs is 9. The van der Waals surface area contributed by atoms with E-state index in [1.165, 1.54) is 112 Å². The maximum absolute atomic E-state index is 14.3. The number of carboxylic acids is 2. The summed E-state index contributed by atoms with van der Waals surface area (Å²) in [7, 11) is -9.14. The van der Waals surface area contributed by atoms with E-state index in [-0.39, 0.29) is 33.5 Å². The molecule has 3 heterocycles. The smallest absolute Gasteiger partial charge is 0.343 e. The Morgan fingerprint density at radius 3 is 1.01 bits per heavy atom. The number of carbonyl (C=O) groups is 7. The second-order valence-electron chi connectivity index (χ2n) is 22.8. The molecule has 11 aromatic carbocycles. The molecule has 0 saturated heterocycles. The molecule has 0 spiro atoms. The van der Waals surface area contributed by atoms with Crippen molar-refractivity contribution in [3.05, 3.63) is 289 Å². The van der Waals surface area contributed by atoms with Gasteiger partial charge in [-0.15, -0.1) is 0 Å². The van der Waals surface area contributed by atoms with Crippen molar-refractivity contribution >= 4 is 85.1 Å². The van der Waals surface area contributed by atoms with Crippen LogP contribution in [0.1, 0.15) is 67.8 Å². The number of para-hydroxylation sites is 3. The summed E-state index contributed by atoms with van der Waals surface area (Å²) >= 11 is 0. The van der Waals surface area contributed by atoms with Crippen LogP contribution < -0.4 is 58.5 Å². The van der Waals surface area contributed by atoms with Gasteiger partial charge in [-0.05, 0) is 163 Å². The summed E-state index contributed by atoms with van der Waals surface area (Å²) in [5, 5.41) is 19.2. The Labute approximate surface area is 586 Å². The molecule has 23 heteroatoms. The minimum Gasteiger partial charge on any atom is -0.478 e. The Hall–Kier alpha value is -12.2. The van der Waals surface area contributed by atoms with Crippen molar-refractivity contribution in [1.29, 1.82) is 0 Å². The topological polar surface area (TPSA) is 285 Å². The van der Waals surface area contributed by atoms with Crippen molar-refractivity contribution in [2.45, 2.75) is 27.7 Å². The first-order valence-electron chi connectivity index (χ1n) is 31.2. The zero-order valence-corrected chi connectivity index (χ0v) is 58.1. The van der Waals surface area contributed by atoms with Crippen molar-refractivity contribution < 1.29 is 94.7 Å². The zero-order valence-electron chi connectivity index (χ0n) is 55.4. The molecule has 3 aliphatic heterocycles. The molecule has 0 saturated carbocycles. The van der Waals surface area contributed by atoms with Crippen LogP contribution in [0.5, 0.6) is 46.0 Å². The summed E-state index contributed by atoms with van der Waals surface area (Å²) in [6, 6.07) is 73.9. The quantitative estimate of drug-likeness (QED) is 0.0731. The highest BCUT2D eigenvalue weighted by Crippen LogP contribution is 2.56. The van der Waals surface area contributed by atoms with Gasteiger partial charge in [0.1, 0.15) is 46.0 Å². The summed E-state index contributed by atoms with van der Waals surface area (Å²) in [5.74, 6) is -1.49. The van der Waals surface area contributed by atoms with Crippen LogP contribution in [-0.2, 0) is 28.1 Å². The van der Waals surface area contributed by atoms with Gasteiger partial charge in [-0.3, -0.25) is 28.1 Å². The Morgan fingerprint density at radius 1 is 0.314 bits per heavy atom. The van der Waals surface area contributed by atoms with Gasteiger partial charge in [0.25, 0.3) is 14.7 Å². The molecule has 20 nitrogen and oxygen atoms in total. The van der Waals surface area contributed by atoms with Gasteiger partial charge in [0.05, 0.1) is 43.5 Å². The minimum atomic E-state index is -3.72. The molecule has 14 rings (SSSR count). The number of carboxylic acid groups (broad SMARTS) is 2. The summed E-state index contributed by atoms with van der Waals surface area (Å²) in [5.41, 5.74) is 7.50. The average Bonchev–Trinajstić information content (AvgIpc) is 0.741. The molecule has 3 unspecified atom stereocenters. The fourth-order valence-electron chi connectivity index (χ4n) is 10.6. The SMILES string of the molecule is CC(=O)Oc1ccc(OC(=O)c2ccc(C(=O)Oc3ccc(C)cc3)cc2)cc1.CC(=O)Oc1ccc(OC(C)=O)c(P2(=O)Oc3ccccc3-c3ccccc32)c1.CP1(=O)Oc2ccccc2-c2ccccc21.CP1(=O)Oc2ccccc2-c2ccccc21.O=C(O)c1ccc(C(=O)O)cc1. The van der Waals surface area contributed by atoms with E-state index >= 15 is 0 Å². The lowest BCUT2D eigenvalue weighted by atomic mass is 10.0. The number of hydrogen-bond acceptors (Lipinski definition) is 18. The third kappa shape index (κ3) is 17.6. The number of carbonyl (C=O) groups excluding carboxylic acids is 5. The Bertz CT molecular complexity index is 5030. The number of rotatable bonds is 10. The molecule has 0 aromatic heterocycles. The third-order valence-electron chi connectivity index (χ3n) is 15.2. The Balaban J connectivity index is 0.000000143. The summed E-state index contributed by atoms with van der Waals surface area (Å²) in [6.45, 7) is 9.10. The van der Waals surface area contributed by atoms with Gasteiger partial charge >= 0.3 is 49.2 Å². The molecule has 0 fully saturated rings. The lowest BCUT2D eigenvalue weighted by molar-refractivity contribution is -0.133. The first kappa shape index (κ1) is 72.5. The number of esters is 5. The van der Waals surface area contributed by atoms with E-state index in [0.717, 1.165) is 49.6 Å². The molecule has 102 heavy (non-hydrogen) atoms. The Morgan fingerprint density at radius 2 is 0.618 bits per heavy atom. The molecular formula is C79H63O20P3. The molecule has 3 atom stereocenters. The maximum Gasteiger partial charge on any atom is 0.343 e. The molecule has 514 valence electrons.